The van der Waals surface area contributed by atoms with E-state index in [1.807, 2.05) is 36.5 Å². The summed E-state index contributed by atoms with van der Waals surface area (Å²) in [5, 5.41) is 19.4. The maximum atomic E-state index is 12.1. The average molecular weight is 391 g/mol. The number of fused-ring (bicyclic) bond motifs is 1. The second-order valence-electron chi connectivity index (χ2n) is 6.71. The van der Waals surface area contributed by atoms with Crippen LogP contribution in [0.1, 0.15) is 19.0 Å². The summed E-state index contributed by atoms with van der Waals surface area (Å²) in [6.45, 7) is 2.87. The highest BCUT2D eigenvalue weighted by atomic mass is 16.5. The number of nitrogens with zero attached hydrogens (tertiary/aromatic N) is 3. The van der Waals surface area contributed by atoms with Gasteiger partial charge < -0.3 is 14.3 Å². The summed E-state index contributed by atoms with van der Waals surface area (Å²) in [5.74, 6) is 0.0578. The van der Waals surface area contributed by atoms with Crippen LogP contribution in [0, 0.1) is 0 Å². The van der Waals surface area contributed by atoms with E-state index in [0.717, 1.165) is 24.1 Å². The average Bonchev–Trinajstić information content (AvgIpc) is 3.18. The van der Waals surface area contributed by atoms with E-state index in [-0.39, 0.29) is 23.7 Å². The number of aryl methyl sites for hydroxylation is 1. The Morgan fingerprint density at radius 3 is 2.79 bits per heavy atom. The molecule has 0 aliphatic heterocycles. The number of rotatable bonds is 7. The molecule has 0 aliphatic carbocycles. The number of hydrogen-bond acceptors (Lipinski definition) is 6. The zero-order valence-electron chi connectivity index (χ0n) is 16.0. The summed E-state index contributed by atoms with van der Waals surface area (Å²) in [6.07, 6.45) is 3.78. The van der Waals surface area contributed by atoms with Crippen LogP contribution in [0.3, 0.4) is 0 Å². The van der Waals surface area contributed by atoms with Crippen molar-refractivity contribution < 1.29 is 14.3 Å². The van der Waals surface area contributed by atoms with Crippen molar-refractivity contribution in [3.05, 3.63) is 70.8 Å². The second-order valence-corrected chi connectivity index (χ2v) is 6.71. The minimum atomic E-state index is -0.533. The summed E-state index contributed by atoms with van der Waals surface area (Å²) in [4.78, 5) is 12.1. The Morgan fingerprint density at radius 2 is 2.00 bits per heavy atom. The third-order valence-corrected chi connectivity index (χ3v) is 4.60. The number of ether oxygens (including phenoxy) is 1. The number of benzene rings is 2. The number of phenols is 1. The van der Waals surface area contributed by atoms with Gasteiger partial charge in [-0.15, -0.1) is 5.10 Å². The van der Waals surface area contributed by atoms with Gasteiger partial charge in [-0.05, 0) is 29.7 Å². The molecule has 0 amide bonds. The summed E-state index contributed by atoms with van der Waals surface area (Å²) < 4.78 is 12.7. The Hall–Kier alpha value is -3.61. The summed E-state index contributed by atoms with van der Waals surface area (Å²) in [5.41, 5.74) is 2.09. The molecule has 0 atom stereocenters. The monoisotopic (exact) mass is 391 g/mol. The topological polar surface area (TPSA) is 90.4 Å². The van der Waals surface area contributed by atoms with Crippen molar-refractivity contribution in [3.8, 4) is 22.6 Å². The Bertz CT molecular complexity index is 1180. The quantitative estimate of drug-likeness (QED) is 0.482. The highest BCUT2D eigenvalue weighted by Gasteiger charge is 2.15. The van der Waals surface area contributed by atoms with Crippen LogP contribution in [0.15, 0.2) is 63.9 Å². The van der Waals surface area contributed by atoms with Gasteiger partial charge in [-0.25, -0.2) is 9.48 Å². The van der Waals surface area contributed by atoms with E-state index in [4.69, 9.17) is 9.15 Å². The molecule has 2 heterocycles. The summed E-state index contributed by atoms with van der Waals surface area (Å²) in [6, 6.07) is 14.4. The van der Waals surface area contributed by atoms with Crippen molar-refractivity contribution in [1.29, 1.82) is 0 Å². The zero-order valence-corrected chi connectivity index (χ0v) is 16.0. The van der Waals surface area contributed by atoms with Gasteiger partial charge in [-0.3, -0.25) is 0 Å². The molecule has 0 saturated heterocycles. The second kappa shape index (κ2) is 8.18. The van der Waals surface area contributed by atoms with Crippen molar-refractivity contribution in [2.24, 2.45) is 0 Å². The summed E-state index contributed by atoms with van der Waals surface area (Å²) >= 11 is 0. The van der Waals surface area contributed by atoms with E-state index in [2.05, 4.69) is 17.2 Å². The minimum Gasteiger partial charge on any atom is -0.502 e. The van der Waals surface area contributed by atoms with Gasteiger partial charge in [0.2, 0.25) is 5.75 Å². The van der Waals surface area contributed by atoms with Gasteiger partial charge in [0.25, 0.3) is 0 Å². The van der Waals surface area contributed by atoms with Crippen LogP contribution in [-0.2, 0) is 13.0 Å². The molecule has 4 aromatic rings. The lowest BCUT2D eigenvalue weighted by atomic mass is 10.0. The normalized spacial score (nSPS) is 11.1. The number of aromatic nitrogens is 3. The lowest BCUT2D eigenvalue weighted by Crippen LogP contribution is -2.09. The van der Waals surface area contributed by atoms with Crippen molar-refractivity contribution >= 4 is 11.0 Å². The van der Waals surface area contributed by atoms with E-state index >= 15 is 0 Å². The first kappa shape index (κ1) is 18.7. The first-order valence-electron chi connectivity index (χ1n) is 9.52. The van der Waals surface area contributed by atoms with Crippen molar-refractivity contribution in [3.63, 3.8) is 0 Å². The van der Waals surface area contributed by atoms with Gasteiger partial charge in [-0.2, -0.15) is 0 Å². The van der Waals surface area contributed by atoms with E-state index in [9.17, 15) is 9.90 Å². The number of hydrogen-bond donors (Lipinski definition) is 1. The van der Waals surface area contributed by atoms with Gasteiger partial charge in [0.05, 0.1) is 12.2 Å². The maximum absolute atomic E-state index is 12.1. The van der Waals surface area contributed by atoms with E-state index in [1.165, 1.54) is 6.07 Å². The molecule has 0 radical (unpaired) electrons. The van der Waals surface area contributed by atoms with E-state index < -0.39 is 5.63 Å². The van der Waals surface area contributed by atoms with Crippen molar-refractivity contribution in [2.45, 2.75) is 26.3 Å². The minimum absolute atomic E-state index is 0.111. The largest absolute Gasteiger partial charge is 0.502 e. The van der Waals surface area contributed by atoms with Gasteiger partial charge in [0, 0.05) is 17.6 Å². The molecule has 0 bridgehead atoms. The fourth-order valence-electron chi connectivity index (χ4n) is 3.23. The van der Waals surface area contributed by atoms with Crippen LogP contribution in [-0.4, -0.2) is 26.7 Å². The molecule has 2 aromatic carbocycles. The van der Waals surface area contributed by atoms with Gasteiger partial charge in [0.1, 0.15) is 6.61 Å². The number of phenolic OH excluding ortho intramolecular Hbond substituents is 1. The van der Waals surface area contributed by atoms with Gasteiger partial charge >= 0.3 is 5.63 Å². The molecule has 0 unspecified atom stereocenters. The molecule has 0 fully saturated rings. The van der Waals surface area contributed by atoms with Crippen molar-refractivity contribution in [2.75, 3.05) is 6.61 Å². The van der Waals surface area contributed by atoms with Crippen LogP contribution >= 0.6 is 0 Å². The van der Waals surface area contributed by atoms with E-state index in [0.29, 0.717) is 17.5 Å². The maximum Gasteiger partial charge on any atom is 0.336 e. The van der Waals surface area contributed by atoms with E-state index in [1.54, 1.807) is 16.8 Å². The lowest BCUT2D eigenvalue weighted by Gasteiger charge is -2.11. The molecule has 0 saturated carbocycles. The molecule has 7 nitrogen and oxygen atoms in total. The smallest absolute Gasteiger partial charge is 0.336 e. The molecule has 1 N–H and O–H groups in total. The third kappa shape index (κ3) is 3.99. The van der Waals surface area contributed by atoms with Gasteiger partial charge in [-0.1, -0.05) is 48.9 Å². The van der Waals surface area contributed by atoms with Crippen molar-refractivity contribution in [1.82, 2.24) is 15.0 Å². The SMILES string of the molecule is CCCc1cn(CCOc2ccc3c(-c4ccccc4)cc(=O)oc3c2O)nn1. The Balaban J connectivity index is 1.58. The molecular formula is C22H21N3O4. The highest BCUT2D eigenvalue weighted by molar-refractivity contribution is 5.97. The zero-order chi connectivity index (χ0) is 20.2. The predicted octanol–water partition coefficient (Wildman–Crippen LogP) is 3.79. The Kier molecular flexibility index (Phi) is 5.29. The molecule has 4 rings (SSSR count). The fourth-order valence-corrected chi connectivity index (χ4v) is 3.23. The molecular weight excluding hydrogens is 370 g/mol. The van der Waals surface area contributed by atoms with Crippen LogP contribution in [0.2, 0.25) is 0 Å². The Morgan fingerprint density at radius 1 is 1.17 bits per heavy atom. The lowest BCUT2D eigenvalue weighted by molar-refractivity contribution is 0.276. The fraction of sp³-hybridized carbons (Fsp3) is 0.227. The van der Waals surface area contributed by atoms with Crippen LogP contribution < -0.4 is 10.4 Å². The predicted molar refractivity (Wildman–Crippen MR) is 109 cm³/mol. The molecule has 29 heavy (non-hydrogen) atoms. The first-order chi connectivity index (χ1) is 14.2. The molecule has 7 heteroatoms. The third-order valence-electron chi connectivity index (χ3n) is 4.60. The van der Waals surface area contributed by atoms with Crippen LogP contribution in [0.4, 0.5) is 0 Å². The van der Waals surface area contributed by atoms with Crippen LogP contribution in [0.25, 0.3) is 22.1 Å². The first-order valence-corrected chi connectivity index (χ1v) is 9.52. The summed E-state index contributed by atoms with van der Waals surface area (Å²) in [7, 11) is 0. The van der Waals surface area contributed by atoms with Gasteiger partial charge in [0.15, 0.2) is 11.3 Å². The molecule has 148 valence electrons. The Labute approximate surface area is 167 Å². The number of aromatic hydroxyl groups is 1. The molecule has 0 spiro atoms. The standard InChI is InChI=1S/C22H21N3O4/c1-2-6-16-14-25(24-23-16)11-12-28-19-10-9-17-18(15-7-4-3-5-8-15)13-20(26)29-22(17)21(19)27/h3-5,7-10,13-14,27H,2,6,11-12H2,1H3. The molecule has 2 aromatic heterocycles. The highest BCUT2D eigenvalue weighted by Crippen LogP contribution is 2.37. The molecule has 0 aliphatic rings. The van der Waals surface area contributed by atoms with Crippen LogP contribution in [0.5, 0.6) is 11.5 Å².